The second-order valence-electron chi connectivity index (χ2n) is 6.53. The molecule has 4 nitrogen and oxygen atoms in total. The van der Waals surface area contributed by atoms with Crippen LogP contribution >= 0.6 is 0 Å². The lowest BCUT2D eigenvalue weighted by atomic mass is 9.95. The third-order valence-corrected chi connectivity index (χ3v) is 4.74. The van der Waals surface area contributed by atoms with E-state index < -0.39 is 11.6 Å². The van der Waals surface area contributed by atoms with Crippen molar-refractivity contribution in [3.63, 3.8) is 0 Å². The number of hydrogen-bond donors (Lipinski definition) is 0. The summed E-state index contributed by atoms with van der Waals surface area (Å²) < 4.78 is 34.2. The van der Waals surface area contributed by atoms with Crippen LogP contribution in [-0.4, -0.2) is 17.3 Å². The maximum atomic E-state index is 14.6. The summed E-state index contributed by atoms with van der Waals surface area (Å²) in [4.78, 5) is 0. The first-order valence-electron chi connectivity index (χ1n) is 9.07. The highest BCUT2D eigenvalue weighted by molar-refractivity contribution is 5.78. The van der Waals surface area contributed by atoms with Crippen molar-refractivity contribution in [1.29, 1.82) is 5.26 Å². The SMILES string of the molecule is COc1ccc(-c2cc(-c3ccc(F)c(-c4c(F)cccc4C#N)c3)cnn2)cc1. The van der Waals surface area contributed by atoms with Gasteiger partial charge < -0.3 is 4.74 Å². The van der Waals surface area contributed by atoms with Gasteiger partial charge in [0.2, 0.25) is 0 Å². The first-order valence-corrected chi connectivity index (χ1v) is 9.07. The molecule has 0 saturated carbocycles. The van der Waals surface area contributed by atoms with E-state index >= 15 is 0 Å². The molecule has 1 aromatic heterocycles. The molecule has 146 valence electrons. The van der Waals surface area contributed by atoms with E-state index in [1.165, 1.54) is 30.3 Å². The molecule has 4 rings (SSSR count). The van der Waals surface area contributed by atoms with E-state index in [2.05, 4.69) is 10.2 Å². The van der Waals surface area contributed by atoms with Crippen LogP contribution in [0, 0.1) is 23.0 Å². The van der Waals surface area contributed by atoms with Crippen molar-refractivity contribution in [2.45, 2.75) is 0 Å². The Morgan fingerprint density at radius 2 is 1.63 bits per heavy atom. The normalized spacial score (nSPS) is 10.5. The van der Waals surface area contributed by atoms with Gasteiger partial charge in [0.15, 0.2) is 0 Å². The number of methoxy groups -OCH3 is 1. The van der Waals surface area contributed by atoms with Crippen LogP contribution in [0.3, 0.4) is 0 Å². The first kappa shape index (κ1) is 19.2. The fourth-order valence-corrected chi connectivity index (χ4v) is 3.21. The van der Waals surface area contributed by atoms with Crippen LogP contribution in [-0.2, 0) is 0 Å². The highest BCUT2D eigenvalue weighted by atomic mass is 19.1. The van der Waals surface area contributed by atoms with Crippen LogP contribution in [0.5, 0.6) is 5.75 Å². The highest BCUT2D eigenvalue weighted by Gasteiger charge is 2.16. The molecule has 0 saturated heterocycles. The number of nitriles is 1. The van der Waals surface area contributed by atoms with Gasteiger partial charge in [-0.05, 0) is 60.2 Å². The lowest BCUT2D eigenvalue weighted by molar-refractivity contribution is 0.415. The predicted molar refractivity (Wildman–Crippen MR) is 110 cm³/mol. The van der Waals surface area contributed by atoms with Gasteiger partial charge in [0, 0.05) is 22.3 Å². The Kier molecular flexibility index (Phi) is 5.19. The fourth-order valence-electron chi connectivity index (χ4n) is 3.21. The molecule has 1 heterocycles. The standard InChI is InChI=1S/C24H15F2N3O/c1-30-19-8-5-15(6-9-19)23-12-18(14-28-29-23)16-7-10-21(25)20(11-16)24-17(13-27)3-2-4-22(24)26/h2-12,14H,1H3. The van der Waals surface area contributed by atoms with Gasteiger partial charge in [-0.2, -0.15) is 15.5 Å². The minimum Gasteiger partial charge on any atom is -0.497 e. The van der Waals surface area contributed by atoms with E-state index in [0.29, 0.717) is 16.8 Å². The van der Waals surface area contributed by atoms with Crippen molar-refractivity contribution in [1.82, 2.24) is 10.2 Å². The molecule has 0 radical (unpaired) electrons. The van der Waals surface area contributed by atoms with Crippen LogP contribution in [0.25, 0.3) is 33.5 Å². The smallest absolute Gasteiger partial charge is 0.132 e. The van der Waals surface area contributed by atoms with Gasteiger partial charge in [-0.1, -0.05) is 12.1 Å². The second kappa shape index (κ2) is 8.10. The van der Waals surface area contributed by atoms with Gasteiger partial charge in [-0.15, -0.1) is 0 Å². The lowest BCUT2D eigenvalue weighted by Gasteiger charge is -2.10. The van der Waals surface area contributed by atoms with E-state index in [1.54, 1.807) is 19.4 Å². The summed E-state index contributed by atoms with van der Waals surface area (Å²) in [6.07, 6.45) is 1.55. The van der Waals surface area contributed by atoms with Crippen LogP contribution in [0.1, 0.15) is 5.56 Å². The topological polar surface area (TPSA) is 58.8 Å². The van der Waals surface area contributed by atoms with Crippen molar-refractivity contribution in [2.75, 3.05) is 7.11 Å². The summed E-state index contributed by atoms with van der Waals surface area (Å²) in [5.41, 5.74) is 2.81. The van der Waals surface area contributed by atoms with Crippen molar-refractivity contribution in [2.24, 2.45) is 0 Å². The molecule has 0 spiro atoms. The summed E-state index contributed by atoms with van der Waals surface area (Å²) >= 11 is 0. The summed E-state index contributed by atoms with van der Waals surface area (Å²) in [6.45, 7) is 0. The van der Waals surface area contributed by atoms with E-state index in [-0.39, 0.29) is 16.7 Å². The van der Waals surface area contributed by atoms with E-state index in [4.69, 9.17) is 4.74 Å². The Morgan fingerprint density at radius 3 is 2.37 bits per heavy atom. The van der Waals surface area contributed by atoms with Gasteiger partial charge in [0.05, 0.1) is 30.6 Å². The number of halogens is 2. The molecule has 3 aromatic carbocycles. The number of nitrogens with zero attached hydrogens (tertiary/aromatic N) is 3. The molecule has 0 amide bonds. The van der Waals surface area contributed by atoms with Crippen molar-refractivity contribution >= 4 is 0 Å². The summed E-state index contributed by atoms with van der Waals surface area (Å²) in [6, 6.07) is 19.6. The van der Waals surface area contributed by atoms with Crippen LogP contribution in [0.4, 0.5) is 8.78 Å². The highest BCUT2D eigenvalue weighted by Crippen LogP contribution is 2.33. The average molecular weight is 399 g/mol. The molecule has 0 aliphatic carbocycles. The van der Waals surface area contributed by atoms with Crippen molar-refractivity contribution < 1.29 is 13.5 Å². The quantitative estimate of drug-likeness (QED) is 0.446. The van der Waals surface area contributed by atoms with Gasteiger partial charge >= 0.3 is 0 Å². The molecular weight excluding hydrogens is 384 g/mol. The lowest BCUT2D eigenvalue weighted by Crippen LogP contribution is -1.95. The Bertz CT molecular complexity index is 1260. The Labute approximate surface area is 172 Å². The number of hydrogen-bond acceptors (Lipinski definition) is 4. The van der Waals surface area contributed by atoms with E-state index in [0.717, 1.165) is 11.3 Å². The number of rotatable bonds is 4. The monoisotopic (exact) mass is 399 g/mol. The third kappa shape index (κ3) is 3.61. The molecular formula is C24H15F2N3O. The zero-order chi connectivity index (χ0) is 21.1. The van der Waals surface area contributed by atoms with Gasteiger partial charge in [-0.25, -0.2) is 8.78 Å². The second-order valence-corrected chi connectivity index (χ2v) is 6.53. The molecule has 0 atom stereocenters. The van der Waals surface area contributed by atoms with Gasteiger partial charge in [-0.3, -0.25) is 0 Å². The molecule has 0 aliphatic heterocycles. The first-order chi connectivity index (χ1) is 14.6. The largest absolute Gasteiger partial charge is 0.497 e. The molecule has 0 bridgehead atoms. The maximum Gasteiger partial charge on any atom is 0.132 e. The molecule has 0 aliphatic rings. The Morgan fingerprint density at radius 1 is 0.867 bits per heavy atom. The van der Waals surface area contributed by atoms with Crippen molar-refractivity contribution in [3.05, 3.63) is 90.1 Å². The third-order valence-electron chi connectivity index (χ3n) is 4.74. The summed E-state index contributed by atoms with van der Waals surface area (Å²) in [5, 5.41) is 17.5. The van der Waals surface area contributed by atoms with Gasteiger partial charge in [0.25, 0.3) is 0 Å². The molecule has 0 fully saturated rings. The predicted octanol–water partition coefficient (Wildman–Crippen LogP) is 5.64. The number of aromatic nitrogens is 2. The van der Waals surface area contributed by atoms with Gasteiger partial charge in [0.1, 0.15) is 17.4 Å². The molecule has 0 N–H and O–H groups in total. The molecule has 6 heteroatoms. The van der Waals surface area contributed by atoms with Crippen LogP contribution in [0.2, 0.25) is 0 Å². The molecule has 4 aromatic rings. The van der Waals surface area contributed by atoms with E-state index in [1.807, 2.05) is 36.4 Å². The zero-order valence-electron chi connectivity index (χ0n) is 15.9. The molecule has 0 unspecified atom stereocenters. The number of benzene rings is 3. The van der Waals surface area contributed by atoms with E-state index in [9.17, 15) is 14.0 Å². The van der Waals surface area contributed by atoms with Crippen LogP contribution < -0.4 is 4.74 Å². The summed E-state index contributed by atoms with van der Waals surface area (Å²) in [5.74, 6) is -0.543. The minimum atomic E-state index is -0.656. The zero-order valence-corrected chi connectivity index (χ0v) is 15.9. The molecule has 30 heavy (non-hydrogen) atoms. The van der Waals surface area contributed by atoms with Crippen LogP contribution in [0.15, 0.2) is 72.9 Å². The maximum absolute atomic E-state index is 14.6. The Balaban J connectivity index is 1.80. The Hall–Kier alpha value is -4.11. The number of ether oxygens (including phenoxy) is 1. The summed E-state index contributed by atoms with van der Waals surface area (Å²) in [7, 11) is 1.59. The fraction of sp³-hybridized carbons (Fsp3) is 0.0417. The average Bonchev–Trinajstić information content (AvgIpc) is 2.79. The van der Waals surface area contributed by atoms with Crippen molar-refractivity contribution in [3.8, 4) is 45.3 Å². The minimum absolute atomic E-state index is 0.0185.